The van der Waals surface area contributed by atoms with E-state index in [1.54, 1.807) is 0 Å². The van der Waals surface area contributed by atoms with Gasteiger partial charge in [0.25, 0.3) is 0 Å². The van der Waals surface area contributed by atoms with E-state index in [2.05, 4.69) is 6.92 Å². The molecule has 4 heteroatoms. The van der Waals surface area contributed by atoms with Crippen molar-refractivity contribution >= 4 is 11.8 Å². The molecule has 25 heavy (non-hydrogen) atoms. The Bertz CT molecular complexity index is 476. The Balaban J connectivity index is 2.31. The summed E-state index contributed by atoms with van der Waals surface area (Å²) in [4.78, 5) is 23.2. The van der Waals surface area contributed by atoms with Gasteiger partial charge in [0.1, 0.15) is 5.78 Å². The Hall–Kier alpha value is -1.42. The molecular weight excluding hydrogens is 316 g/mol. The lowest BCUT2D eigenvalue weighted by molar-refractivity contribution is -0.146. The van der Waals surface area contributed by atoms with E-state index in [1.807, 2.05) is 31.2 Å². The molecule has 4 nitrogen and oxygen atoms in total. The smallest absolute Gasteiger partial charge is 0.307 e. The first-order valence-corrected chi connectivity index (χ1v) is 9.68. The van der Waals surface area contributed by atoms with Crippen molar-refractivity contribution in [1.82, 2.24) is 0 Å². The van der Waals surface area contributed by atoms with E-state index in [0.717, 1.165) is 44.9 Å². The normalized spacial score (nSPS) is 21.9. The third-order valence-corrected chi connectivity index (χ3v) is 5.00. The van der Waals surface area contributed by atoms with Crippen LogP contribution < -0.4 is 0 Å². The highest BCUT2D eigenvalue weighted by Crippen LogP contribution is 2.31. The average Bonchev–Trinajstić information content (AvgIpc) is 2.95. The maximum absolute atomic E-state index is 11.8. The van der Waals surface area contributed by atoms with E-state index >= 15 is 0 Å². The van der Waals surface area contributed by atoms with Crippen molar-refractivity contribution in [3.63, 3.8) is 0 Å². The SMILES string of the molecule is CCCCCC(C)(O)C=CCC=CCC[C@H](C(=O)O)[C@H]1CCCC1=O. The molecule has 0 amide bonds. The molecule has 1 rings (SSSR count). The second kappa shape index (κ2) is 11.2. The number of Topliss-reactive ketones (excluding diaryl/α,β-unsaturated/α-hetero) is 1. The van der Waals surface area contributed by atoms with Gasteiger partial charge in [0.05, 0.1) is 11.5 Å². The van der Waals surface area contributed by atoms with Gasteiger partial charge < -0.3 is 10.2 Å². The van der Waals surface area contributed by atoms with E-state index in [4.69, 9.17) is 0 Å². The molecule has 1 aliphatic rings. The van der Waals surface area contributed by atoms with Gasteiger partial charge in [0.2, 0.25) is 0 Å². The second-order valence-corrected chi connectivity index (χ2v) is 7.41. The lowest BCUT2D eigenvalue weighted by atomic mass is 9.86. The fraction of sp³-hybridized carbons (Fsp3) is 0.714. The summed E-state index contributed by atoms with van der Waals surface area (Å²) >= 11 is 0. The number of allylic oxidation sites excluding steroid dienone is 3. The van der Waals surface area contributed by atoms with E-state index in [0.29, 0.717) is 19.3 Å². The number of carboxylic acids is 1. The fourth-order valence-corrected chi connectivity index (χ4v) is 3.47. The molecule has 0 aromatic rings. The Morgan fingerprint density at radius 2 is 2.08 bits per heavy atom. The molecule has 3 atom stereocenters. The molecule has 0 heterocycles. The van der Waals surface area contributed by atoms with Crippen LogP contribution in [0, 0.1) is 11.8 Å². The molecule has 0 spiro atoms. The molecule has 1 fully saturated rings. The predicted molar refractivity (Wildman–Crippen MR) is 100 cm³/mol. The topological polar surface area (TPSA) is 74.6 Å². The highest BCUT2D eigenvalue weighted by molar-refractivity contribution is 5.87. The molecule has 0 aromatic heterocycles. The van der Waals surface area contributed by atoms with Crippen LogP contribution in [0.25, 0.3) is 0 Å². The quantitative estimate of drug-likeness (QED) is 0.396. The van der Waals surface area contributed by atoms with Crippen molar-refractivity contribution in [2.45, 2.75) is 83.7 Å². The molecule has 1 saturated carbocycles. The maximum Gasteiger partial charge on any atom is 0.307 e. The van der Waals surface area contributed by atoms with E-state index in [9.17, 15) is 19.8 Å². The van der Waals surface area contributed by atoms with Gasteiger partial charge in [0, 0.05) is 12.3 Å². The Kier molecular flexibility index (Phi) is 9.73. The highest BCUT2D eigenvalue weighted by Gasteiger charge is 2.35. The summed E-state index contributed by atoms with van der Waals surface area (Å²) in [6.07, 6.45) is 15.9. The lowest BCUT2D eigenvalue weighted by Crippen LogP contribution is -2.26. The predicted octanol–water partition coefficient (Wildman–Crippen LogP) is 4.67. The van der Waals surface area contributed by atoms with Crippen LogP contribution in [-0.4, -0.2) is 27.6 Å². The first kappa shape index (κ1) is 21.6. The molecule has 1 aliphatic carbocycles. The van der Waals surface area contributed by atoms with Gasteiger partial charge in [-0.1, -0.05) is 50.5 Å². The Morgan fingerprint density at radius 3 is 2.68 bits per heavy atom. The van der Waals surface area contributed by atoms with Gasteiger partial charge in [-0.25, -0.2) is 0 Å². The van der Waals surface area contributed by atoms with E-state index in [-0.39, 0.29) is 11.7 Å². The standard InChI is InChI=1S/C21H34O4/c1-3-4-9-15-21(2,25)16-10-7-5-6-8-12-18(20(23)24)17-13-11-14-19(17)22/h5-6,10,16-18,25H,3-4,7-9,11-15H2,1-2H3,(H,23,24)/t17-,18+,21?/m1/s1. The Labute approximate surface area is 152 Å². The van der Waals surface area contributed by atoms with Crippen molar-refractivity contribution in [2.24, 2.45) is 11.8 Å². The van der Waals surface area contributed by atoms with Gasteiger partial charge in [-0.05, 0) is 45.4 Å². The second-order valence-electron chi connectivity index (χ2n) is 7.41. The molecule has 142 valence electrons. The molecule has 0 aromatic carbocycles. The summed E-state index contributed by atoms with van der Waals surface area (Å²) in [5, 5.41) is 19.6. The highest BCUT2D eigenvalue weighted by atomic mass is 16.4. The third-order valence-electron chi connectivity index (χ3n) is 5.00. The molecule has 1 unspecified atom stereocenters. The average molecular weight is 350 g/mol. The van der Waals surface area contributed by atoms with Crippen LogP contribution in [0.4, 0.5) is 0 Å². The largest absolute Gasteiger partial charge is 0.481 e. The molecule has 0 bridgehead atoms. The van der Waals surface area contributed by atoms with Crippen molar-refractivity contribution < 1.29 is 19.8 Å². The minimum atomic E-state index is -0.850. The number of rotatable bonds is 12. The summed E-state index contributed by atoms with van der Waals surface area (Å²) < 4.78 is 0. The number of aliphatic hydroxyl groups is 1. The van der Waals surface area contributed by atoms with Crippen LogP contribution in [0.15, 0.2) is 24.3 Å². The van der Waals surface area contributed by atoms with Gasteiger partial charge in [0.15, 0.2) is 0 Å². The van der Waals surface area contributed by atoms with E-state index in [1.165, 1.54) is 0 Å². The van der Waals surface area contributed by atoms with Gasteiger partial charge in [-0.2, -0.15) is 0 Å². The minimum absolute atomic E-state index is 0.115. The van der Waals surface area contributed by atoms with Crippen LogP contribution >= 0.6 is 0 Å². The molecule has 2 N–H and O–H groups in total. The fourth-order valence-electron chi connectivity index (χ4n) is 3.47. The lowest BCUT2D eigenvalue weighted by Gasteiger charge is -2.18. The summed E-state index contributed by atoms with van der Waals surface area (Å²) in [6.45, 7) is 3.98. The van der Waals surface area contributed by atoms with Crippen LogP contribution in [-0.2, 0) is 9.59 Å². The van der Waals surface area contributed by atoms with Crippen molar-refractivity contribution in [3.8, 4) is 0 Å². The number of carbonyl (C=O) groups is 2. The zero-order valence-corrected chi connectivity index (χ0v) is 15.7. The summed E-state index contributed by atoms with van der Waals surface area (Å²) in [6, 6.07) is 0. The summed E-state index contributed by atoms with van der Waals surface area (Å²) in [7, 11) is 0. The number of hydrogen-bond donors (Lipinski definition) is 2. The number of ketones is 1. The first-order valence-electron chi connectivity index (χ1n) is 9.68. The van der Waals surface area contributed by atoms with Crippen LogP contribution in [0.5, 0.6) is 0 Å². The number of carboxylic acid groups (broad SMARTS) is 1. The number of aliphatic carboxylic acids is 1. The van der Waals surface area contributed by atoms with Crippen LogP contribution in [0.3, 0.4) is 0 Å². The number of hydrogen-bond acceptors (Lipinski definition) is 3. The monoisotopic (exact) mass is 350 g/mol. The molecule has 0 radical (unpaired) electrons. The maximum atomic E-state index is 11.8. The zero-order valence-electron chi connectivity index (χ0n) is 15.7. The van der Waals surface area contributed by atoms with E-state index < -0.39 is 17.5 Å². The van der Waals surface area contributed by atoms with Gasteiger partial charge in [-0.3, -0.25) is 9.59 Å². The molecule has 0 saturated heterocycles. The summed E-state index contributed by atoms with van der Waals surface area (Å²) in [5.41, 5.74) is -0.750. The van der Waals surface area contributed by atoms with Crippen LogP contribution in [0.2, 0.25) is 0 Å². The zero-order chi connectivity index (χ0) is 18.7. The van der Waals surface area contributed by atoms with Crippen molar-refractivity contribution in [3.05, 3.63) is 24.3 Å². The number of carbonyl (C=O) groups excluding carboxylic acids is 1. The van der Waals surface area contributed by atoms with Crippen molar-refractivity contribution in [1.29, 1.82) is 0 Å². The minimum Gasteiger partial charge on any atom is -0.481 e. The van der Waals surface area contributed by atoms with Crippen molar-refractivity contribution in [2.75, 3.05) is 0 Å². The summed E-state index contributed by atoms with van der Waals surface area (Å²) in [5.74, 6) is -1.57. The first-order chi connectivity index (χ1) is 11.9. The van der Waals surface area contributed by atoms with Gasteiger partial charge >= 0.3 is 5.97 Å². The number of unbranched alkanes of at least 4 members (excludes halogenated alkanes) is 2. The third kappa shape index (κ3) is 8.48. The molecule has 0 aliphatic heterocycles. The van der Waals surface area contributed by atoms with Gasteiger partial charge in [-0.15, -0.1) is 0 Å². The van der Waals surface area contributed by atoms with Crippen LogP contribution in [0.1, 0.15) is 78.1 Å². The Morgan fingerprint density at radius 1 is 1.32 bits per heavy atom. The molecular formula is C21H34O4.